The highest BCUT2D eigenvalue weighted by atomic mass is 32.2. The first-order chi connectivity index (χ1) is 8.74. The second-order valence-corrected chi connectivity index (χ2v) is 7.95. The van der Waals surface area contributed by atoms with Gasteiger partial charge in [-0.3, -0.25) is 0 Å². The Bertz CT molecular complexity index is 569. The van der Waals surface area contributed by atoms with Crippen LogP contribution in [0.4, 0.5) is 5.69 Å². The Morgan fingerprint density at radius 3 is 2.37 bits per heavy atom. The van der Waals surface area contributed by atoms with E-state index in [1.54, 1.807) is 29.4 Å². The van der Waals surface area contributed by atoms with Crippen molar-refractivity contribution in [3.05, 3.63) is 23.8 Å². The van der Waals surface area contributed by atoms with E-state index in [1.807, 2.05) is 0 Å². The van der Waals surface area contributed by atoms with Crippen molar-refractivity contribution in [2.45, 2.75) is 38.5 Å². The van der Waals surface area contributed by atoms with Crippen molar-refractivity contribution in [1.82, 2.24) is 4.31 Å². The molecule has 0 radical (unpaired) electrons. The van der Waals surface area contributed by atoms with Crippen molar-refractivity contribution in [3.63, 3.8) is 0 Å². The fourth-order valence-electron chi connectivity index (χ4n) is 2.38. The molecule has 1 aromatic carbocycles. The fraction of sp³-hybridized carbons (Fsp3) is 0.571. The third kappa shape index (κ3) is 2.77. The average molecular weight is 282 g/mol. The number of nitrogen functional groups attached to an aromatic ring is 1. The number of nitrogens with zero attached hydrogens (tertiary/aromatic N) is 1. The topological polar surface area (TPSA) is 63.4 Å². The molecule has 4 nitrogen and oxygen atoms in total. The molecule has 0 atom stereocenters. The summed E-state index contributed by atoms with van der Waals surface area (Å²) in [6.45, 7) is 7.30. The minimum atomic E-state index is -3.41. The molecule has 2 rings (SSSR count). The Morgan fingerprint density at radius 1 is 1.21 bits per heavy atom. The van der Waals surface area contributed by atoms with Crippen molar-refractivity contribution >= 4 is 15.7 Å². The van der Waals surface area contributed by atoms with E-state index in [0.29, 0.717) is 29.2 Å². The molecule has 1 aliphatic heterocycles. The van der Waals surface area contributed by atoms with E-state index in [4.69, 9.17) is 5.73 Å². The number of sulfonamides is 1. The van der Waals surface area contributed by atoms with Crippen LogP contribution >= 0.6 is 0 Å². The molecule has 0 bridgehead atoms. The van der Waals surface area contributed by atoms with Crippen LogP contribution in [-0.2, 0) is 10.0 Å². The highest BCUT2D eigenvalue weighted by Crippen LogP contribution is 2.33. The van der Waals surface area contributed by atoms with Gasteiger partial charge >= 0.3 is 0 Å². The molecule has 1 aliphatic rings. The fourth-order valence-corrected chi connectivity index (χ4v) is 4.08. The number of rotatable bonds is 2. The van der Waals surface area contributed by atoms with E-state index in [1.165, 1.54) is 0 Å². The number of hydrogen-bond acceptors (Lipinski definition) is 3. The number of piperidine rings is 1. The van der Waals surface area contributed by atoms with Crippen LogP contribution in [0.2, 0.25) is 0 Å². The highest BCUT2D eigenvalue weighted by Gasteiger charge is 2.33. The van der Waals surface area contributed by atoms with Crippen LogP contribution in [0.3, 0.4) is 0 Å². The first-order valence-corrected chi connectivity index (χ1v) is 8.03. The van der Waals surface area contributed by atoms with E-state index >= 15 is 0 Å². The molecule has 19 heavy (non-hydrogen) atoms. The molecule has 2 N–H and O–H groups in total. The van der Waals surface area contributed by atoms with Crippen molar-refractivity contribution in [2.75, 3.05) is 18.8 Å². The van der Waals surface area contributed by atoms with E-state index in [9.17, 15) is 8.42 Å². The summed E-state index contributed by atoms with van der Waals surface area (Å²) in [5.74, 6) is 0. The zero-order valence-electron chi connectivity index (χ0n) is 11.8. The molecule has 1 heterocycles. The van der Waals surface area contributed by atoms with Crippen LogP contribution in [0.1, 0.15) is 32.3 Å². The summed E-state index contributed by atoms with van der Waals surface area (Å²) in [4.78, 5) is 0.340. The van der Waals surface area contributed by atoms with Gasteiger partial charge in [-0.1, -0.05) is 19.9 Å². The second kappa shape index (κ2) is 4.80. The molecule has 1 saturated heterocycles. The third-order valence-corrected chi connectivity index (χ3v) is 6.06. The second-order valence-electron chi connectivity index (χ2n) is 6.04. The first-order valence-electron chi connectivity index (χ1n) is 6.59. The molecule has 106 valence electrons. The van der Waals surface area contributed by atoms with E-state index in [0.717, 1.165) is 12.8 Å². The standard InChI is InChI=1S/C14H22N2O2S/c1-11-12(15)5-4-6-13(11)19(17,18)16-9-7-14(2,3)8-10-16/h4-6H,7-10,15H2,1-3H3. The van der Waals surface area contributed by atoms with Gasteiger partial charge in [-0.05, 0) is 42.9 Å². The van der Waals surface area contributed by atoms with Crippen LogP contribution in [0.5, 0.6) is 0 Å². The highest BCUT2D eigenvalue weighted by molar-refractivity contribution is 7.89. The van der Waals surface area contributed by atoms with Crippen LogP contribution in [0.15, 0.2) is 23.1 Å². The molecule has 5 heteroatoms. The number of hydrogen-bond donors (Lipinski definition) is 1. The van der Waals surface area contributed by atoms with Crippen molar-refractivity contribution < 1.29 is 8.42 Å². The molecule has 1 aromatic rings. The lowest BCUT2D eigenvalue weighted by Crippen LogP contribution is -2.41. The van der Waals surface area contributed by atoms with Gasteiger partial charge in [0.2, 0.25) is 10.0 Å². The lowest BCUT2D eigenvalue weighted by atomic mass is 9.83. The predicted molar refractivity (Wildman–Crippen MR) is 77.4 cm³/mol. The maximum Gasteiger partial charge on any atom is 0.243 e. The molecule has 0 amide bonds. The Kier molecular flexibility index (Phi) is 3.62. The molecular formula is C14H22N2O2S. The molecular weight excluding hydrogens is 260 g/mol. The van der Waals surface area contributed by atoms with Crippen LogP contribution in [0, 0.1) is 12.3 Å². The molecule has 0 aliphatic carbocycles. The van der Waals surface area contributed by atoms with Crippen LogP contribution in [-0.4, -0.2) is 25.8 Å². The van der Waals surface area contributed by atoms with Gasteiger partial charge in [0, 0.05) is 18.8 Å². The van der Waals surface area contributed by atoms with Gasteiger partial charge in [0.25, 0.3) is 0 Å². The lowest BCUT2D eigenvalue weighted by molar-refractivity contribution is 0.196. The third-order valence-electron chi connectivity index (χ3n) is 4.02. The predicted octanol–water partition coefficient (Wildman–Crippen LogP) is 2.39. The van der Waals surface area contributed by atoms with Crippen molar-refractivity contribution in [1.29, 1.82) is 0 Å². The minimum Gasteiger partial charge on any atom is -0.398 e. The Hall–Kier alpha value is -1.07. The first kappa shape index (κ1) is 14.3. The Labute approximate surface area is 115 Å². The Morgan fingerprint density at radius 2 is 1.79 bits per heavy atom. The molecule has 1 fully saturated rings. The SMILES string of the molecule is Cc1c(N)cccc1S(=O)(=O)N1CCC(C)(C)CC1. The van der Waals surface area contributed by atoms with Crippen LogP contribution in [0.25, 0.3) is 0 Å². The van der Waals surface area contributed by atoms with E-state index in [2.05, 4.69) is 13.8 Å². The zero-order chi connectivity index (χ0) is 14.3. The molecule has 0 aromatic heterocycles. The normalized spacial score (nSPS) is 20.4. The average Bonchev–Trinajstić information content (AvgIpc) is 2.32. The summed E-state index contributed by atoms with van der Waals surface area (Å²) < 4.78 is 26.9. The van der Waals surface area contributed by atoms with Gasteiger partial charge in [-0.25, -0.2) is 8.42 Å². The quantitative estimate of drug-likeness (QED) is 0.847. The van der Waals surface area contributed by atoms with Gasteiger partial charge in [0.05, 0.1) is 4.90 Å². The number of nitrogens with two attached hydrogens (primary N) is 1. The zero-order valence-corrected chi connectivity index (χ0v) is 12.6. The van der Waals surface area contributed by atoms with E-state index in [-0.39, 0.29) is 5.41 Å². The summed E-state index contributed by atoms with van der Waals surface area (Å²) in [5, 5.41) is 0. The van der Waals surface area contributed by atoms with Gasteiger partial charge in [0.15, 0.2) is 0 Å². The van der Waals surface area contributed by atoms with Gasteiger partial charge in [-0.2, -0.15) is 4.31 Å². The summed E-state index contributed by atoms with van der Waals surface area (Å²) in [7, 11) is -3.41. The minimum absolute atomic E-state index is 0.233. The van der Waals surface area contributed by atoms with Gasteiger partial charge < -0.3 is 5.73 Å². The maximum atomic E-state index is 12.6. The Balaban J connectivity index is 2.31. The van der Waals surface area contributed by atoms with E-state index < -0.39 is 10.0 Å². The summed E-state index contributed by atoms with van der Waals surface area (Å²) in [6.07, 6.45) is 1.79. The van der Waals surface area contributed by atoms with Gasteiger partial charge in [0.1, 0.15) is 0 Å². The lowest BCUT2D eigenvalue weighted by Gasteiger charge is -2.36. The van der Waals surface area contributed by atoms with Crippen molar-refractivity contribution in [3.8, 4) is 0 Å². The monoisotopic (exact) mass is 282 g/mol. The maximum absolute atomic E-state index is 12.6. The van der Waals surface area contributed by atoms with Crippen molar-refractivity contribution in [2.24, 2.45) is 5.41 Å². The summed E-state index contributed by atoms with van der Waals surface area (Å²) in [6, 6.07) is 5.07. The molecule has 0 spiro atoms. The van der Waals surface area contributed by atoms with Gasteiger partial charge in [-0.15, -0.1) is 0 Å². The smallest absolute Gasteiger partial charge is 0.243 e. The van der Waals surface area contributed by atoms with Crippen LogP contribution < -0.4 is 5.73 Å². The number of benzene rings is 1. The molecule has 0 unspecified atom stereocenters. The summed E-state index contributed by atoms with van der Waals surface area (Å²) >= 11 is 0. The largest absolute Gasteiger partial charge is 0.398 e. The summed E-state index contributed by atoms with van der Waals surface area (Å²) in [5.41, 5.74) is 7.21. The molecule has 0 saturated carbocycles. The number of anilines is 1.